The number of nitrogens with zero attached hydrogens (tertiary/aromatic N) is 2. The number of thiazole rings is 1. The predicted octanol–water partition coefficient (Wildman–Crippen LogP) is 3.70. The second-order valence-corrected chi connectivity index (χ2v) is 6.32. The normalized spacial score (nSPS) is 12.9. The lowest BCUT2D eigenvalue weighted by Crippen LogP contribution is -2.29. The van der Waals surface area contributed by atoms with Gasteiger partial charge in [0.25, 0.3) is 0 Å². The molecular weight excluding hydrogens is 310 g/mol. The molecule has 0 amide bonds. The molecule has 0 aromatic carbocycles. The van der Waals surface area contributed by atoms with Crippen LogP contribution in [0.3, 0.4) is 0 Å². The van der Waals surface area contributed by atoms with Crippen molar-refractivity contribution < 1.29 is 0 Å². The average Bonchev–Trinajstić information content (AvgIpc) is 2.72. The van der Waals surface area contributed by atoms with Crippen LogP contribution in [-0.2, 0) is 0 Å². The molecule has 18 heavy (non-hydrogen) atoms. The van der Waals surface area contributed by atoms with Crippen molar-refractivity contribution in [2.75, 3.05) is 0 Å². The standard InChI is InChI=1S/C13H16BrN3S/c1-8(2)16-12(13-17-9(3)7-18-13)10-4-11(14)6-15-5-10/h4-8,12,16H,1-3H3. The van der Waals surface area contributed by atoms with E-state index in [2.05, 4.69) is 56.5 Å². The first kappa shape index (κ1) is 13.6. The highest BCUT2D eigenvalue weighted by Crippen LogP contribution is 2.26. The smallest absolute Gasteiger partial charge is 0.114 e. The highest BCUT2D eigenvalue weighted by atomic mass is 79.9. The maximum Gasteiger partial charge on any atom is 0.114 e. The first-order valence-corrected chi connectivity index (χ1v) is 7.52. The number of nitrogens with one attached hydrogen (secondary N) is 1. The van der Waals surface area contributed by atoms with Gasteiger partial charge in [-0.2, -0.15) is 0 Å². The zero-order valence-corrected chi connectivity index (χ0v) is 13.0. The molecule has 0 aliphatic heterocycles. The van der Waals surface area contributed by atoms with Gasteiger partial charge in [0.05, 0.1) is 6.04 Å². The van der Waals surface area contributed by atoms with E-state index < -0.39 is 0 Å². The van der Waals surface area contributed by atoms with Crippen molar-refractivity contribution >= 4 is 27.3 Å². The van der Waals surface area contributed by atoms with E-state index >= 15 is 0 Å². The van der Waals surface area contributed by atoms with Crippen LogP contribution in [0, 0.1) is 6.92 Å². The summed E-state index contributed by atoms with van der Waals surface area (Å²) in [6, 6.07) is 2.58. The molecular formula is C13H16BrN3S. The summed E-state index contributed by atoms with van der Waals surface area (Å²) in [7, 11) is 0. The minimum Gasteiger partial charge on any atom is -0.302 e. The molecule has 3 nitrogen and oxygen atoms in total. The van der Waals surface area contributed by atoms with E-state index in [1.165, 1.54) is 0 Å². The fraction of sp³-hybridized carbons (Fsp3) is 0.385. The van der Waals surface area contributed by atoms with Gasteiger partial charge < -0.3 is 5.32 Å². The number of aromatic nitrogens is 2. The monoisotopic (exact) mass is 325 g/mol. The lowest BCUT2D eigenvalue weighted by Gasteiger charge is -2.19. The van der Waals surface area contributed by atoms with E-state index in [-0.39, 0.29) is 6.04 Å². The second kappa shape index (κ2) is 5.91. The Labute approximate surface area is 120 Å². The lowest BCUT2D eigenvalue weighted by molar-refractivity contribution is 0.525. The van der Waals surface area contributed by atoms with Crippen LogP contribution in [0.25, 0.3) is 0 Å². The second-order valence-electron chi connectivity index (χ2n) is 4.52. The van der Waals surface area contributed by atoms with Crippen LogP contribution in [0.5, 0.6) is 0 Å². The number of aryl methyl sites for hydroxylation is 1. The van der Waals surface area contributed by atoms with E-state index in [1.807, 2.05) is 13.1 Å². The third kappa shape index (κ3) is 3.37. The summed E-state index contributed by atoms with van der Waals surface area (Å²) in [5, 5.41) is 6.70. The molecule has 0 aliphatic carbocycles. The van der Waals surface area contributed by atoms with E-state index in [1.54, 1.807) is 17.5 Å². The van der Waals surface area contributed by atoms with Gasteiger partial charge in [-0.25, -0.2) is 4.98 Å². The Morgan fingerprint density at radius 2 is 2.11 bits per heavy atom. The summed E-state index contributed by atoms with van der Waals surface area (Å²) in [5.41, 5.74) is 2.20. The Bertz CT molecular complexity index is 524. The molecule has 1 atom stereocenters. The van der Waals surface area contributed by atoms with Gasteiger partial charge in [-0.3, -0.25) is 4.98 Å². The van der Waals surface area contributed by atoms with E-state index in [0.717, 1.165) is 20.7 Å². The van der Waals surface area contributed by atoms with Crippen LogP contribution in [0.15, 0.2) is 28.3 Å². The zero-order chi connectivity index (χ0) is 13.1. The number of hydrogen-bond donors (Lipinski definition) is 1. The van der Waals surface area contributed by atoms with Gasteiger partial charge >= 0.3 is 0 Å². The summed E-state index contributed by atoms with van der Waals surface area (Å²) >= 11 is 5.15. The zero-order valence-electron chi connectivity index (χ0n) is 10.6. The van der Waals surface area contributed by atoms with Crippen molar-refractivity contribution in [3.63, 3.8) is 0 Å². The highest BCUT2D eigenvalue weighted by molar-refractivity contribution is 9.10. The topological polar surface area (TPSA) is 37.8 Å². The molecule has 2 aromatic rings. The summed E-state index contributed by atoms with van der Waals surface area (Å²) < 4.78 is 0.990. The van der Waals surface area contributed by atoms with Crippen molar-refractivity contribution in [1.82, 2.24) is 15.3 Å². The lowest BCUT2D eigenvalue weighted by atomic mass is 10.1. The number of hydrogen-bond acceptors (Lipinski definition) is 4. The van der Waals surface area contributed by atoms with Crippen LogP contribution in [0.4, 0.5) is 0 Å². The number of rotatable bonds is 4. The molecule has 0 spiro atoms. The summed E-state index contributed by atoms with van der Waals surface area (Å²) in [4.78, 5) is 8.82. The number of pyridine rings is 1. The Morgan fingerprint density at radius 3 is 2.67 bits per heavy atom. The third-order valence-electron chi connectivity index (χ3n) is 2.44. The molecule has 96 valence electrons. The fourth-order valence-corrected chi connectivity index (χ4v) is 3.00. The maximum absolute atomic E-state index is 4.58. The predicted molar refractivity (Wildman–Crippen MR) is 78.9 cm³/mol. The molecule has 0 aliphatic rings. The highest BCUT2D eigenvalue weighted by Gasteiger charge is 2.18. The van der Waals surface area contributed by atoms with Crippen LogP contribution < -0.4 is 5.32 Å². The Kier molecular flexibility index (Phi) is 4.48. The van der Waals surface area contributed by atoms with Crippen LogP contribution in [0.2, 0.25) is 0 Å². The van der Waals surface area contributed by atoms with Gasteiger partial charge in [0.15, 0.2) is 0 Å². The van der Waals surface area contributed by atoms with Gasteiger partial charge in [-0.1, -0.05) is 0 Å². The Balaban J connectivity index is 2.36. The van der Waals surface area contributed by atoms with E-state index in [0.29, 0.717) is 6.04 Å². The fourth-order valence-electron chi connectivity index (χ4n) is 1.73. The van der Waals surface area contributed by atoms with Crippen molar-refractivity contribution in [3.05, 3.63) is 44.6 Å². The Morgan fingerprint density at radius 1 is 1.33 bits per heavy atom. The van der Waals surface area contributed by atoms with Crippen molar-refractivity contribution in [1.29, 1.82) is 0 Å². The van der Waals surface area contributed by atoms with Gasteiger partial charge in [0.2, 0.25) is 0 Å². The molecule has 2 heterocycles. The van der Waals surface area contributed by atoms with Crippen molar-refractivity contribution in [3.8, 4) is 0 Å². The van der Waals surface area contributed by atoms with E-state index in [9.17, 15) is 0 Å². The first-order chi connectivity index (χ1) is 8.56. The van der Waals surface area contributed by atoms with Gasteiger partial charge in [-0.05, 0) is 48.3 Å². The van der Waals surface area contributed by atoms with Crippen LogP contribution >= 0.6 is 27.3 Å². The minimum absolute atomic E-state index is 0.105. The molecule has 5 heteroatoms. The van der Waals surface area contributed by atoms with Crippen molar-refractivity contribution in [2.45, 2.75) is 32.9 Å². The van der Waals surface area contributed by atoms with Gasteiger partial charge in [0.1, 0.15) is 5.01 Å². The molecule has 0 fully saturated rings. The van der Waals surface area contributed by atoms with Gasteiger partial charge in [-0.15, -0.1) is 11.3 Å². The van der Waals surface area contributed by atoms with E-state index in [4.69, 9.17) is 0 Å². The maximum atomic E-state index is 4.58. The quantitative estimate of drug-likeness (QED) is 0.931. The summed E-state index contributed by atoms with van der Waals surface area (Å²) in [6.45, 7) is 6.29. The molecule has 2 rings (SSSR count). The largest absolute Gasteiger partial charge is 0.302 e. The first-order valence-electron chi connectivity index (χ1n) is 5.85. The molecule has 0 bridgehead atoms. The minimum atomic E-state index is 0.105. The molecule has 0 radical (unpaired) electrons. The molecule has 2 aromatic heterocycles. The number of halogens is 1. The molecule has 1 N–H and O–H groups in total. The Hall–Kier alpha value is -0.780. The summed E-state index contributed by atoms with van der Waals surface area (Å²) in [6.07, 6.45) is 3.69. The van der Waals surface area contributed by atoms with Crippen molar-refractivity contribution in [2.24, 2.45) is 0 Å². The molecule has 0 saturated heterocycles. The van der Waals surface area contributed by atoms with Crippen LogP contribution in [0.1, 0.15) is 36.2 Å². The summed E-state index contributed by atoms with van der Waals surface area (Å²) in [5.74, 6) is 0. The average molecular weight is 326 g/mol. The molecule has 0 saturated carbocycles. The van der Waals surface area contributed by atoms with Gasteiger partial charge in [0, 0.05) is 34.0 Å². The van der Waals surface area contributed by atoms with Crippen LogP contribution in [-0.4, -0.2) is 16.0 Å². The third-order valence-corrected chi connectivity index (χ3v) is 3.90. The SMILES string of the molecule is Cc1csc(C(NC(C)C)c2cncc(Br)c2)n1. The molecule has 1 unspecified atom stereocenters.